The zero-order valence-electron chi connectivity index (χ0n) is 14.6. The number of nitro groups is 1. The number of hydrogen-bond donors (Lipinski definition) is 3. The van der Waals surface area contributed by atoms with Crippen molar-refractivity contribution in [1.82, 2.24) is 35.1 Å². The molecule has 0 bridgehead atoms. The van der Waals surface area contributed by atoms with Crippen molar-refractivity contribution < 1.29 is 14.5 Å². The van der Waals surface area contributed by atoms with Crippen LogP contribution in [0.25, 0.3) is 0 Å². The first-order chi connectivity index (χ1) is 13.3. The van der Waals surface area contributed by atoms with Gasteiger partial charge in [0.1, 0.15) is 10.2 Å². The van der Waals surface area contributed by atoms with Crippen LogP contribution >= 0.6 is 15.9 Å². The Morgan fingerprint density at radius 3 is 2.64 bits per heavy atom. The summed E-state index contributed by atoms with van der Waals surface area (Å²) in [5.41, 5.74) is 0.820. The maximum atomic E-state index is 12.5. The second-order valence-electron chi connectivity index (χ2n) is 5.68. The van der Waals surface area contributed by atoms with E-state index in [1.807, 2.05) is 0 Å². The van der Waals surface area contributed by atoms with Gasteiger partial charge >= 0.3 is 5.82 Å². The number of nitrogens with one attached hydrogen (secondary N) is 3. The topological polar surface area (TPSA) is 166 Å². The number of aromatic nitrogens is 6. The molecule has 146 valence electrons. The van der Waals surface area contributed by atoms with Crippen molar-refractivity contribution in [3.63, 3.8) is 0 Å². The van der Waals surface area contributed by atoms with E-state index in [-0.39, 0.29) is 28.1 Å². The summed E-state index contributed by atoms with van der Waals surface area (Å²) in [5.74, 6) is -1.66. The van der Waals surface area contributed by atoms with Crippen molar-refractivity contribution in [3.05, 3.63) is 50.1 Å². The molecule has 2 amide bonds. The third-order valence-electron chi connectivity index (χ3n) is 3.70. The Morgan fingerprint density at radius 1 is 1.29 bits per heavy atom. The van der Waals surface area contributed by atoms with Crippen molar-refractivity contribution >= 4 is 39.2 Å². The van der Waals surface area contributed by atoms with Gasteiger partial charge in [0.15, 0.2) is 5.69 Å². The lowest BCUT2D eigenvalue weighted by molar-refractivity contribution is -0.390. The Morgan fingerprint density at radius 2 is 2.04 bits per heavy atom. The molecule has 0 unspecified atom stereocenters. The molecular weight excluding hydrogens is 438 g/mol. The number of rotatable bonds is 6. The fraction of sp³-hybridized carbons (Fsp3) is 0.214. The molecule has 14 heteroatoms. The first-order valence-corrected chi connectivity index (χ1v) is 8.54. The second kappa shape index (κ2) is 7.59. The minimum absolute atomic E-state index is 0.0959. The van der Waals surface area contributed by atoms with Gasteiger partial charge in [0.2, 0.25) is 0 Å². The molecule has 3 rings (SSSR count). The van der Waals surface area contributed by atoms with E-state index >= 15 is 0 Å². The number of anilines is 1. The summed E-state index contributed by atoms with van der Waals surface area (Å²) in [6.45, 7) is 0.238. The van der Waals surface area contributed by atoms with Gasteiger partial charge in [0.05, 0.1) is 18.1 Å². The van der Waals surface area contributed by atoms with Gasteiger partial charge in [-0.25, -0.2) is 0 Å². The molecule has 0 radical (unpaired) electrons. The number of hydrogen-bond acceptors (Lipinski definition) is 7. The van der Waals surface area contributed by atoms with E-state index in [2.05, 4.69) is 47.0 Å². The number of amides is 2. The predicted molar refractivity (Wildman–Crippen MR) is 98.5 cm³/mol. The van der Waals surface area contributed by atoms with Crippen LogP contribution in [0.1, 0.15) is 26.5 Å². The molecule has 28 heavy (non-hydrogen) atoms. The van der Waals surface area contributed by atoms with Gasteiger partial charge < -0.3 is 20.7 Å². The molecule has 0 aliphatic rings. The first-order valence-electron chi connectivity index (χ1n) is 7.75. The number of carbonyl (C=O) groups is 2. The quantitative estimate of drug-likeness (QED) is 0.366. The van der Waals surface area contributed by atoms with Gasteiger partial charge in [-0.15, -0.1) is 5.10 Å². The van der Waals surface area contributed by atoms with Crippen LogP contribution in [-0.4, -0.2) is 46.5 Å². The average molecular weight is 452 g/mol. The summed E-state index contributed by atoms with van der Waals surface area (Å²) in [4.78, 5) is 35.1. The van der Waals surface area contributed by atoms with Crippen molar-refractivity contribution in [3.8, 4) is 0 Å². The molecule has 0 saturated heterocycles. The minimum atomic E-state index is -0.745. The SMILES string of the molecule is Cn1cc(CNC(=O)c2c(NC(=O)c3n[nH]c([N+](=O)[O-])c3Br)cnn2C)cn1. The molecule has 0 fully saturated rings. The minimum Gasteiger partial charge on any atom is -0.358 e. The van der Waals surface area contributed by atoms with E-state index in [1.54, 1.807) is 31.2 Å². The summed E-state index contributed by atoms with van der Waals surface area (Å²) >= 11 is 2.97. The van der Waals surface area contributed by atoms with Crippen LogP contribution in [-0.2, 0) is 20.6 Å². The number of halogens is 1. The van der Waals surface area contributed by atoms with E-state index in [0.29, 0.717) is 0 Å². The number of nitrogens with zero attached hydrogens (tertiary/aromatic N) is 6. The number of aryl methyl sites for hydroxylation is 2. The summed E-state index contributed by atoms with van der Waals surface area (Å²) < 4.78 is 2.82. The molecule has 13 nitrogen and oxygen atoms in total. The van der Waals surface area contributed by atoms with Crippen LogP contribution in [0.2, 0.25) is 0 Å². The highest BCUT2D eigenvalue weighted by atomic mass is 79.9. The molecule has 0 atom stereocenters. The average Bonchev–Trinajstić information content (AvgIpc) is 3.32. The molecule has 0 aliphatic heterocycles. The first kappa shape index (κ1) is 19.2. The zero-order chi connectivity index (χ0) is 20.4. The summed E-state index contributed by atoms with van der Waals surface area (Å²) in [5, 5.41) is 29.8. The molecule has 3 aromatic heterocycles. The molecule has 3 aromatic rings. The van der Waals surface area contributed by atoms with Crippen molar-refractivity contribution in [1.29, 1.82) is 0 Å². The zero-order valence-corrected chi connectivity index (χ0v) is 16.2. The fourth-order valence-corrected chi connectivity index (χ4v) is 2.90. The van der Waals surface area contributed by atoms with Crippen LogP contribution < -0.4 is 10.6 Å². The molecule has 0 aromatic carbocycles. The van der Waals surface area contributed by atoms with E-state index in [4.69, 9.17) is 0 Å². The van der Waals surface area contributed by atoms with Gasteiger partial charge in [-0.05, 0) is 20.9 Å². The van der Waals surface area contributed by atoms with Gasteiger partial charge in [0, 0.05) is 32.4 Å². The Bertz CT molecular complexity index is 1070. The van der Waals surface area contributed by atoms with Gasteiger partial charge in [-0.1, -0.05) is 5.10 Å². The highest BCUT2D eigenvalue weighted by Gasteiger charge is 2.26. The highest BCUT2D eigenvalue weighted by molar-refractivity contribution is 9.10. The maximum absolute atomic E-state index is 12.5. The van der Waals surface area contributed by atoms with Crippen molar-refractivity contribution in [2.24, 2.45) is 14.1 Å². The van der Waals surface area contributed by atoms with Crippen molar-refractivity contribution in [2.75, 3.05) is 5.32 Å². The number of aromatic amines is 1. The van der Waals surface area contributed by atoms with E-state index in [9.17, 15) is 19.7 Å². The highest BCUT2D eigenvalue weighted by Crippen LogP contribution is 2.26. The lowest BCUT2D eigenvalue weighted by atomic mass is 10.3. The van der Waals surface area contributed by atoms with Gasteiger partial charge in [-0.2, -0.15) is 10.2 Å². The second-order valence-corrected chi connectivity index (χ2v) is 6.47. The predicted octanol–water partition coefficient (Wildman–Crippen LogP) is 0.730. The fourth-order valence-electron chi connectivity index (χ4n) is 2.40. The van der Waals surface area contributed by atoms with Crippen LogP contribution in [0.15, 0.2) is 23.1 Å². The Hall–Kier alpha value is -3.55. The van der Waals surface area contributed by atoms with E-state index < -0.39 is 22.6 Å². The molecular formula is C14H14BrN9O4. The van der Waals surface area contributed by atoms with Gasteiger partial charge in [-0.3, -0.25) is 19.0 Å². The Kier molecular flexibility index (Phi) is 5.21. The standard InChI is InChI=1S/C14H14BrN9O4/c1-22-6-7(4-17-22)3-16-14(26)11-8(5-18-23(11)2)19-13(25)10-9(15)12(21-20-10)24(27)28/h4-6H,3H2,1-2H3,(H,16,26)(H,19,25)(H,20,21). The van der Waals surface area contributed by atoms with Crippen LogP contribution in [0.4, 0.5) is 11.5 Å². The third-order valence-corrected chi connectivity index (χ3v) is 4.45. The maximum Gasteiger partial charge on any atom is 0.357 e. The van der Waals surface area contributed by atoms with Crippen LogP contribution in [0.5, 0.6) is 0 Å². The van der Waals surface area contributed by atoms with E-state index in [0.717, 1.165) is 5.56 Å². The normalized spacial score (nSPS) is 10.7. The molecule has 0 aliphatic carbocycles. The van der Waals surface area contributed by atoms with Crippen LogP contribution in [0, 0.1) is 10.1 Å². The summed E-state index contributed by atoms with van der Waals surface area (Å²) in [6, 6.07) is 0. The Labute approximate surface area is 165 Å². The summed E-state index contributed by atoms with van der Waals surface area (Å²) in [6.07, 6.45) is 4.67. The lowest BCUT2D eigenvalue weighted by Crippen LogP contribution is -2.26. The van der Waals surface area contributed by atoms with Gasteiger partial charge in [0.25, 0.3) is 11.8 Å². The van der Waals surface area contributed by atoms with Crippen molar-refractivity contribution in [2.45, 2.75) is 6.54 Å². The molecule has 3 heterocycles. The largest absolute Gasteiger partial charge is 0.358 e. The third kappa shape index (κ3) is 3.75. The number of H-pyrrole nitrogens is 1. The Balaban J connectivity index is 1.76. The molecule has 0 saturated carbocycles. The monoisotopic (exact) mass is 451 g/mol. The van der Waals surface area contributed by atoms with Crippen LogP contribution in [0.3, 0.4) is 0 Å². The lowest BCUT2D eigenvalue weighted by Gasteiger charge is -2.07. The smallest absolute Gasteiger partial charge is 0.357 e. The molecule has 0 spiro atoms. The summed E-state index contributed by atoms with van der Waals surface area (Å²) in [7, 11) is 3.31. The van der Waals surface area contributed by atoms with E-state index in [1.165, 1.54) is 10.9 Å². The number of carbonyl (C=O) groups excluding carboxylic acids is 2. The molecule has 3 N–H and O–H groups in total.